The minimum absolute atomic E-state index is 0.00860. The van der Waals surface area contributed by atoms with Crippen LogP contribution in [-0.4, -0.2) is 39.6 Å². The van der Waals surface area contributed by atoms with Crippen molar-refractivity contribution in [2.75, 3.05) is 11.9 Å². The summed E-state index contributed by atoms with van der Waals surface area (Å²) in [6, 6.07) is 20.1. The standard InChI is InChI=1S/C24H24N4O3/c1-17-14-19-10-6-7-11-21(19)28(17)24(31)20-12-13-22(29)27(25-20)16-23(30)26(2)15-18-8-4-3-5-9-18/h3-13,17H,14-16H2,1-2H3. The lowest BCUT2D eigenvalue weighted by atomic mass is 10.1. The molecule has 3 aromatic rings. The number of carbonyl (C=O) groups excluding carboxylic acids is 2. The van der Waals surface area contributed by atoms with Crippen LogP contribution in [0.3, 0.4) is 0 Å². The number of aromatic nitrogens is 2. The van der Waals surface area contributed by atoms with Crippen molar-refractivity contribution in [2.24, 2.45) is 0 Å². The number of rotatable bonds is 5. The third-order valence-electron chi connectivity index (χ3n) is 5.49. The Kier molecular flexibility index (Phi) is 5.66. The summed E-state index contributed by atoms with van der Waals surface area (Å²) in [5.74, 6) is -0.542. The van der Waals surface area contributed by atoms with Crippen molar-refractivity contribution in [3.8, 4) is 0 Å². The Morgan fingerprint density at radius 3 is 2.52 bits per heavy atom. The summed E-state index contributed by atoms with van der Waals surface area (Å²) in [6.07, 6.45) is 0.768. The van der Waals surface area contributed by atoms with E-state index in [0.29, 0.717) is 6.54 Å². The van der Waals surface area contributed by atoms with Gasteiger partial charge in [-0.15, -0.1) is 0 Å². The lowest BCUT2D eigenvalue weighted by Crippen LogP contribution is -2.39. The molecular formula is C24H24N4O3. The number of nitrogens with zero attached hydrogens (tertiary/aromatic N) is 4. The van der Waals surface area contributed by atoms with Crippen LogP contribution in [-0.2, 0) is 24.3 Å². The molecule has 1 aliphatic heterocycles. The fourth-order valence-electron chi connectivity index (χ4n) is 3.87. The maximum Gasteiger partial charge on any atom is 0.278 e. The number of carbonyl (C=O) groups is 2. The molecule has 0 saturated carbocycles. The number of fused-ring (bicyclic) bond motifs is 1. The Morgan fingerprint density at radius 1 is 1.03 bits per heavy atom. The summed E-state index contributed by atoms with van der Waals surface area (Å²) in [4.78, 5) is 41.4. The van der Waals surface area contributed by atoms with Crippen LogP contribution in [0.4, 0.5) is 5.69 Å². The number of para-hydroxylation sites is 1. The zero-order valence-corrected chi connectivity index (χ0v) is 17.6. The number of benzene rings is 2. The molecule has 1 atom stereocenters. The molecule has 7 nitrogen and oxygen atoms in total. The van der Waals surface area contributed by atoms with Gasteiger partial charge in [-0.05, 0) is 36.6 Å². The minimum atomic E-state index is -0.423. The van der Waals surface area contributed by atoms with Gasteiger partial charge in [0.1, 0.15) is 12.2 Å². The van der Waals surface area contributed by atoms with E-state index < -0.39 is 5.56 Å². The van der Waals surface area contributed by atoms with Crippen LogP contribution in [0.2, 0.25) is 0 Å². The maximum atomic E-state index is 13.2. The number of hydrogen-bond donors (Lipinski definition) is 0. The van der Waals surface area contributed by atoms with E-state index in [2.05, 4.69) is 5.10 Å². The molecule has 2 heterocycles. The molecule has 2 aromatic carbocycles. The van der Waals surface area contributed by atoms with Gasteiger partial charge in [0, 0.05) is 31.4 Å². The van der Waals surface area contributed by atoms with Crippen LogP contribution in [0, 0.1) is 0 Å². The molecule has 0 spiro atoms. The first-order valence-electron chi connectivity index (χ1n) is 10.2. The third kappa shape index (κ3) is 4.26. The topological polar surface area (TPSA) is 75.5 Å². The lowest BCUT2D eigenvalue weighted by molar-refractivity contribution is -0.131. The Morgan fingerprint density at radius 2 is 1.74 bits per heavy atom. The van der Waals surface area contributed by atoms with Crippen LogP contribution in [0.1, 0.15) is 28.5 Å². The van der Waals surface area contributed by atoms with Crippen LogP contribution >= 0.6 is 0 Å². The van der Waals surface area contributed by atoms with Gasteiger partial charge in [-0.1, -0.05) is 48.5 Å². The predicted molar refractivity (Wildman–Crippen MR) is 118 cm³/mol. The zero-order valence-electron chi connectivity index (χ0n) is 17.6. The fourth-order valence-corrected chi connectivity index (χ4v) is 3.87. The first kappa shape index (κ1) is 20.5. The molecule has 0 bridgehead atoms. The summed E-state index contributed by atoms with van der Waals surface area (Å²) >= 11 is 0. The van der Waals surface area contributed by atoms with E-state index in [1.807, 2.05) is 61.5 Å². The Bertz CT molecular complexity index is 1170. The average molecular weight is 416 g/mol. The Labute approximate surface area is 180 Å². The highest BCUT2D eigenvalue weighted by Gasteiger charge is 2.32. The molecule has 1 unspecified atom stereocenters. The molecule has 7 heteroatoms. The molecule has 1 aliphatic rings. The van der Waals surface area contributed by atoms with Crippen LogP contribution in [0.25, 0.3) is 0 Å². The highest BCUT2D eigenvalue weighted by Crippen LogP contribution is 2.32. The smallest absolute Gasteiger partial charge is 0.278 e. The van der Waals surface area contributed by atoms with Crippen molar-refractivity contribution in [1.82, 2.24) is 14.7 Å². The lowest BCUT2D eigenvalue weighted by Gasteiger charge is -2.22. The van der Waals surface area contributed by atoms with Crippen molar-refractivity contribution in [1.29, 1.82) is 0 Å². The van der Waals surface area contributed by atoms with E-state index in [1.54, 1.807) is 11.9 Å². The van der Waals surface area contributed by atoms with Gasteiger partial charge in [0.25, 0.3) is 11.5 Å². The molecule has 2 amide bonds. The summed E-state index contributed by atoms with van der Waals surface area (Å²) in [6.45, 7) is 2.18. The fraction of sp³-hybridized carbons (Fsp3) is 0.250. The Hall–Kier alpha value is -3.74. The molecule has 0 fully saturated rings. The van der Waals surface area contributed by atoms with Gasteiger partial charge >= 0.3 is 0 Å². The quantitative estimate of drug-likeness (QED) is 0.640. The van der Waals surface area contributed by atoms with E-state index in [1.165, 1.54) is 17.0 Å². The van der Waals surface area contributed by atoms with E-state index >= 15 is 0 Å². The van der Waals surface area contributed by atoms with E-state index in [0.717, 1.165) is 27.9 Å². The van der Waals surface area contributed by atoms with E-state index in [4.69, 9.17) is 0 Å². The molecule has 158 valence electrons. The molecular weight excluding hydrogens is 392 g/mol. The minimum Gasteiger partial charge on any atom is -0.340 e. The molecule has 31 heavy (non-hydrogen) atoms. The van der Waals surface area contributed by atoms with E-state index in [9.17, 15) is 14.4 Å². The largest absolute Gasteiger partial charge is 0.340 e. The van der Waals surface area contributed by atoms with Crippen LogP contribution in [0.15, 0.2) is 71.5 Å². The number of anilines is 1. The first-order chi connectivity index (χ1) is 14.9. The van der Waals surface area contributed by atoms with Crippen molar-refractivity contribution in [3.05, 3.63) is 93.9 Å². The van der Waals surface area contributed by atoms with E-state index in [-0.39, 0.29) is 30.1 Å². The zero-order chi connectivity index (χ0) is 22.0. The highest BCUT2D eigenvalue weighted by molar-refractivity contribution is 6.06. The van der Waals surface area contributed by atoms with Gasteiger partial charge < -0.3 is 9.80 Å². The molecule has 0 aliphatic carbocycles. The molecule has 0 radical (unpaired) electrons. The number of hydrogen-bond acceptors (Lipinski definition) is 4. The van der Waals surface area contributed by atoms with Gasteiger partial charge in [0.2, 0.25) is 5.91 Å². The maximum absolute atomic E-state index is 13.2. The first-order valence-corrected chi connectivity index (χ1v) is 10.2. The molecule has 1 aromatic heterocycles. The second-order valence-electron chi connectivity index (χ2n) is 7.81. The van der Waals surface area contributed by atoms with Crippen LogP contribution < -0.4 is 10.5 Å². The van der Waals surface area contributed by atoms with Gasteiger partial charge in [-0.25, -0.2) is 4.68 Å². The summed E-state index contributed by atoms with van der Waals surface area (Å²) < 4.78 is 1.06. The third-order valence-corrected chi connectivity index (χ3v) is 5.49. The predicted octanol–water partition coefficient (Wildman–Crippen LogP) is 2.49. The summed E-state index contributed by atoms with van der Waals surface area (Å²) in [7, 11) is 1.68. The molecule has 0 saturated heterocycles. The van der Waals surface area contributed by atoms with Gasteiger partial charge in [-0.3, -0.25) is 14.4 Å². The summed E-state index contributed by atoms with van der Waals surface area (Å²) in [5, 5.41) is 4.22. The van der Waals surface area contributed by atoms with Crippen molar-refractivity contribution < 1.29 is 9.59 Å². The summed E-state index contributed by atoms with van der Waals surface area (Å²) in [5.41, 5.74) is 2.67. The number of amides is 2. The number of likely N-dealkylation sites (N-methyl/N-ethyl adjacent to an activating group) is 1. The van der Waals surface area contributed by atoms with Crippen molar-refractivity contribution in [3.63, 3.8) is 0 Å². The SMILES string of the molecule is CC1Cc2ccccc2N1C(=O)c1ccc(=O)n(CC(=O)N(C)Cc2ccccc2)n1. The van der Waals surface area contributed by atoms with Gasteiger partial charge in [0.05, 0.1) is 0 Å². The highest BCUT2D eigenvalue weighted by atomic mass is 16.2. The van der Waals surface area contributed by atoms with Crippen LogP contribution in [0.5, 0.6) is 0 Å². The van der Waals surface area contributed by atoms with Gasteiger partial charge in [0.15, 0.2) is 0 Å². The van der Waals surface area contributed by atoms with Gasteiger partial charge in [-0.2, -0.15) is 5.10 Å². The van der Waals surface area contributed by atoms with Crippen molar-refractivity contribution in [2.45, 2.75) is 32.5 Å². The molecule has 4 rings (SSSR count). The second kappa shape index (κ2) is 8.55. The normalized spacial score (nSPS) is 14.9. The van der Waals surface area contributed by atoms with Crippen molar-refractivity contribution >= 4 is 17.5 Å². The second-order valence-corrected chi connectivity index (χ2v) is 7.81. The molecule has 0 N–H and O–H groups in total. The average Bonchev–Trinajstić information content (AvgIpc) is 3.11. The monoisotopic (exact) mass is 416 g/mol. The Balaban J connectivity index is 1.53.